The van der Waals surface area contributed by atoms with Gasteiger partial charge in [0, 0.05) is 34.6 Å². The summed E-state index contributed by atoms with van der Waals surface area (Å²) in [4.78, 5) is 19.3. The molecule has 3 aromatic carbocycles. The minimum absolute atomic E-state index is 0.307. The lowest BCUT2D eigenvalue weighted by Gasteiger charge is -2.30. The molecule has 5 rings (SSSR count). The Hall–Kier alpha value is -3.74. The number of fused-ring (bicyclic) bond motifs is 1. The Morgan fingerprint density at radius 3 is 2.42 bits per heavy atom. The summed E-state index contributed by atoms with van der Waals surface area (Å²) >= 11 is 6.09. The lowest BCUT2D eigenvalue weighted by atomic mass is 9.82. The topological polar surface area (TPSA) is 70.9 Å². The number of nitrogens with one attached hydrogen (secondary N) is 1. The molecule has 0 saturated carbocycles. The van der Waals surface area contributed by atoms with Gasteiger partial charge in [0.25, 0.3) is 0 Å². The van der Waals surface area contributed by atoms with Gasteiger partial charge in [0.2, 0.25) is 5.56 Å². The Labute approximate surface area is 193 Å². The number of aryl methyl sites for hydroxylation is 1. The molecule has 0 aliphatic heterocycles. The zero-order valence-electron chi connectivity index (χ0n) is 17.6. The second-order valence-electron chi connectivity index (χ2n) is 7.89. The Kier molecular flexibility index (Phi) is 5.12. The van der Waals surface area contributed by atoms with Crippen LogP contribution in [0.1, 0.15) is 16.8 Å². The van der Waals surface area contributed by atoms with Crippen molar-refractivity contribution in [3.63, 3.8) is 0 Å². The number of aromatic amines is 1. The number of benzene rings is 3. The molecule has 2 heterocycles. The van der Waals surface area contributed by atoms with E-state index in [1.54, 1.807) is 84.8 Å². The number of aromatic nitrogens is 3. The van der Waals surface area contributed by atoms with Crippen LogP contribution in [0.25, 0.3) is 22.0 Å². The van der Waals surface area contributed by atoms with E-state index < -0.39 is 11.4 Å². The molecule has 5 nitrogen and oxygen atoms in total. The van der Waals surface area contributed by atoms with Crippen LogP contribution in [0.5, 0.6) is 0 Å². The Balaban J connectivity index is 1.82. The normalized spacial score (nSPS) is 13.2. The predicted molar refractivity (Wildman–Crippen MR) is 127 cm³/mol. The zero-order valence-corrected chi connectivity index (χ0v) is 18.3. The quantitative estimate of drug-likeness (QED) is 0.397. The smallest absolute Gasteiger partial charge is 0.249 e. The van der Waals surface area contributed by atoms with Crippen LogP contribution >= 0.6 is 11.6 Å². The zero-order chi connectivity index (χ0) is 23.2. The van der Waals surface area contributed by atoms with E-state index in [0.29, 0.717) is 43.9 Å². The van der Waals surface area contributed by atoms with Crippen LogP contribution < -0.4 is 5.56 Å². The van der Waals surface area contributed by atoms with E-state index in [-0.39, 0.29) is 5.56 Å². The number of hydrogen-bond acceptors (Lipinski definition) is 3. The van der Waals surface area contributed by atoms with Gasteiger partial charge in [-0.2, -0.15) is 0 Å². The number of imidazole rings is 1. The Morgan fingerprint density at radius 2 is 1.73 bits per heavy atom. The SMILES string of the molecule is Cn1cncc1C(O)(c1ccc(Cl)cc1)c1ccc2[nH]c(=O)cc(-c3ccccc3F)c2c1. The first-order valence-electron chi connectivity index (χ1n) is 10.3. The van der Waals surface area contributed by atoms with Crippen molar-refractivity contribution in [2.75, 3.05) is 0 Å². The van der Waals surface area contributed by atoms with Gasteiger partial charge in [0.05, 0.1) is 18.2 Å². The van der Waals surface area contributed by atoms with Crippen LogP contribution in [0, 0.1) is 5.82 Å². The molecule has 33 heavy (non-hydrogen) atoms. The average Bonchev–Trinajstić information content (AvgIpc) is 3.25. The number of halogens is 2. The van der Waals surface area contributed by atoms with Gasteiger partial charge in [-0.15, -0.1) is 0 Å². The van der Waals surface area contributed by atoms with E-state index in [0.717, 1.165) is 0 Å². The van der Waals surface area contributed by atoms with E-state index in [4.69, 9.17) is 11.6 Å². The van der Waals surface area contributed by atoms with Crippen LogP contribution in [0.15, 0.2) is 90.1 Å². The van der Waals surface area contributed by atoms with Crippen LogP contribution in [0.2, 0.25) is 5.02 Å². The molecule has 0 amide bonds. The first-order valence-corrected chi connectivity index (χ1v) is 10.6. The van der Waals surface area contributed by atoms with Crippen molar-refractivity contribution in [3.8, 4) is 11.1 Å². The molecule has 1 unspecified atom stereocenters. The maximum atomic E-state index is 14.7. The summed E-state index contributed by atoms with van der Waals surface area (Å²) in [5.74, 6) is -0.436. The number of pyridine rings is 1. The highest BCUT2D eigenvalue weighted by molar-refractivity contribution is 6.30. The highest BCUT2D eigenvalue weighted by atomic mass is 35.5. The van der Waals surface area contributed by atoms with E-state index in [1.165, 1.54) is 12.1 Å². The number of nitrogens with zero attached hydrogens (tertiary/aromatic N) is 2. The molecule has 0 aliphatic carbocycles. The second-order valence-corrected chi connectivity index (χ2v) is 8.33. The molecule has 2 aromatic heterocycles. The summed E-state index contributed by atoms with van der Waals surface area (Å²) in [6, 6.07) is 19.8. The Morgan fingerprint density at radius 1 is 1.00 bits per heavy atom. The Bertz CT molecular complexity index is 1540. The van der Waals surface area contributed by atoms with E-state index in [1.807, 2.05) is 0 Å². The van der Waals surface area contributed by atoms with Crippen molar-refractivity contribution in [1.82, 2.24) is 14.5 Å². The minimum atomic E-state index is -1.58. The van der Waals surface area contributed by atoms with Gasteiger partial charge < -0.3 is 14.7 Å². The van der Waals surface area contributed by atoms with E-state index >= 15 is 0 Å². The van der Waals surface area contributed by atoms with Gasteiger partial charge >= 0.3 is 0 Å². The van der Waals surface area contributed by atoms with Crippen molar-refractivity contribution in [3.05, 3.63) is 123 Å². The maximum Gasteiger partial charge on any atom is 0.249 e. The summed E-state index contributed by atoms with van der Waals surface area (Å²) in [6.45, 7) is 0. The van der Waals surface area contributed by atoms with Crippen LogP contribution in [-0.2, 0) is 12.6 Å². The molecule has 0 spiro atoms. The van der Waals surface area contributed by atoms with Crippen molar-refractivity contribution in [2.45, 2.75) is 5.60 Å². The average molecular weight is 460 g/mol. The van der Waals surface area contributed by atoms with Crippen molar-refractivity contribution in [1.29, 1.82) is 0 Å². The fourth-order valence-corrected chi connectivity index (χ4v) is 4.37. The highest BCUT2D eigenvalue weighted by Crippen LogP contribution is 2.39. The summed E-state index contributed by atoms with van der Waals surface area (Å²) in [5, 5.41) is 13.3. The fraction of sp³-hybridized carbons (Fsp3) is 0.0769. The number of aliphatic hydroxyl groups is 1. The summed E-state index contributed by atoms with van der Waals surface area (Å²) in [7, 11) is 1.80. The van der Waals surface area contributed by atoms with Crippen LogP contribution in [-0.4, -0.2) is 19.6 Å². The van der Waals surface area contributed by atoms with Crippen molar-refractivity contribution in [2.24, 2.45) is 7.05 Å². The van der Waals surface area contributed by atoms with Crippen molar-refractivity contribution >= 4 is 22.5 Å². The molecule has 164 valence electrons. The first-order chi connectivity index (χ1) is 15.9. The molecule has 0 aliphatic rings. The number of H-pyrrole nitrogens is 1. The number of hydrogen-bond donors (Lipinski definition) is 2. The van der Waals surface area contributed by atoms with E-state index in [9.17, 15) is 14.3 Å². The molecule has 0 fully saturated rings. The lowest BCUT2D eigenvalue weighted by molar-refractivity contribution is 0.117. The van der Waals surface area contributed by atoms with Crippen LogP contribution in [0.3, 0.4) is 0 Å². The third-order valence-corrected chi connectivity index (χ3v) is 6.13. The lowest BCUT2D eigenvalue weighted by Crippen LogP contribution is -2.31. The second kappa shape index (κ2) is 7.99. The van der Waals surface area contributed by atoms with Gasteiger partial charge in [-0.05, 0) is 47.0 Å². The molecule has 1 atom stereocenters. The third kappa shape index (κ3) is 3.53. The van der Waals surface area contributed by atoms with Crippen molar-refractivity contribution < 1.29 is 9.50 Å². The van der Waals surface area contributed by atoms with Gasteiger partial charge in [-0.25, -0.2) is 9.37 Å². The van der Waals surface area contributed by atoms with Gasteiger partial charge in [0.15, 0.2) is 5.60 Å². The highest BCUT2D eigenvalue weighted by Gasteiger charge is 2.37. The maximum absolute atomic E-state index is 14.7. The molecule has 0 radical (unpaired) electrons. The molecule has 7 heteroatoms. The summed E-state index contributed by atoms with van der Waals surface area (Å²) in [6.07, 6.45) is 3.21. The van der Waals surface area contributed by atoms with E-state index in [2.05, 4.69) is 9.97 Å². The fourth-order valence-electron chi connectivity index (χ4n) is 4.24. The summed E-state index contributed by atoms with van der Waals surface area (Å²) < 4.78 is 16.4. The monoisotopic (exact) mass is 459 g/mol. The molecule has 0 bridgehead atoms. The number of rotatable bonds is 4. The largest absolute Gasteiger partial charge is 0.374 e. The van der Waals surface area contributed by atoms with Gasteiger partial charge in [0.1, 0.15) is 5.82 Å². The molecule has 0 saturated heterocycles. The predicted octanol–water partition coefficient (Wildman–Crippen LogP) is 5.01. The molecule has 2 N–H and O–H groups in total. The van der Waals surface area contributed by atoms with Gasteiger partial charge in [-0.1, -0.05) is 48.0 Å². The summed E-state index contributed by atoms with van der Waals surface area (Å²) in [5.41, 5.74) is 1.03. The molecular weight excluding hydrogens is 441 g/mol. The molecular formula is C26H19ClFN3O2. The van der Waals surface area contributed by atoms with Crippen LogP contribution in [0.4, 0.5) is 4.39 Å². The first kappa shape index (κ1) is 21.1. The van der Waals surface area contributed by atoms with Gasteiger partial charge in [-0.3, -0.25) is 4.79 Å². The molecule has 5 aromatic rings. The third-order valence-electron chi connectivity index (χ3n) is 5.87. The minimum Gasteiger partial charge on any atom is -0.374 e. The standard InChI is InChI=1S/C26H19ClFN3O2/c1-31-15-29-14-24(31)26(33,16-6-9-18(27)10-7-16)17-8-11-23-21(12-17)20(13-25(32)30-23)19-4-2-3-5-22(19)28/h2-15,33H,1H3,(H,30,32).